The van der Waals surface area contributed by atoms with Crippen LogP contribution >= 0.6 is 11.3 Å². The smallest absolute Gasteiger partial charge is 0.264 e. The van der Waals surface area contributed by atoms with Crippen LogP contribution in [0, 0.1) is 5.92 Å². The Morgan fingerprint density at radius 1 is 1.29 bits per heavy atom. The van der Waals surface area contributed by atoms with E-state index in [1.165, 1.54) is 17.5 Å². The minimum atomic E-state index is 0.161. The maximum Gasteiger partial charge on any atom is 0.264 e. The summed E-state index contributed by atoms with van der Waals surface area (Å²) in [5.41, 5.74) is 0. The average Bonchev–Trinajstić information content (AvgIpc) is 3.05. The number of hydrogen-bond acceptors (Lipinski definition) is 3. The predicted octanol–water partition coefficient (Wildman–Crippen LogP) is 3.54. The molecule has 0 bridgehead atoms. The molecule has 0 spiro atoms. The summed E-state index contributed by atoms with van der Waals surface area (Å²) < 4.78 is 7.09. The van der Waals surface area contributed by atoms with Gasteiger partial charge in [-0.1, -0.05) is 18.2 Å². The van der Waals surface area contributed by atoms with Crippen molar-refractivity contribution in [3.8, 4) is 0 Å². The standard InChI is InChI=1S/C17H19NO2S/c19-17(16-9-13-3-1-2-4-15(13)21-16)18-8-7-14(10-18)20-11-12-5-6-12/h1-4,9,12,14H,5-8,10-11H2. The summed E-state index contributed by atoms with van der Waals surface area (Å²) in [6, 6.07) is 10.2. The van der Waals surface area contributed by atoms with Crippen LogP contribution in [0.2, 0.25) is 0 Å². The molecule has 1 aliphatic heterocycles. The van der Waals surface area contributed by atoms with Gasteiger partial charge in [0.25, 0.3) is 5.91 Å². The number of carbonyl (C=O) groups is 1. The third kappa shape index (κ3) is 2.83. The molecule has 2 fully saturated rings. The number of rotatable bonds is 4. The van der Waals surface area contributed by atoms with E-state index in [9.17, 15) is 4.79 Å². The van der Waals surface area contributed by atoms with Crippen molar-refractivity contribution in [3.05, 3.63) is 35.2 Å². The Morgan fingerprint density at radius 3 is 2.95 bits per heavy atom. The van der Waals surface area contributed by atoms with Crippen molar-refractivity contribution in [3.63, 3.8) is 0 Å². The first-order valence-electron chi connectivity index (χ1n) is 7.69. The number of amides is 1. The van der Waals surface area contributed by atoms with Gasteiger partial charge in [-0.2, -0.15) is 0 Å². The van der Waals surface area contributed by atoms with Gasteiger partial charge >= 0.3 is 0 Å². The van der Waals surface area contributed by atoms with Crippen LogP contribution in [0.4, 0.5) is 0 Å². The van der Waals surface area contributed by atoms with E-state index in [-0.39, 0.29) is 12.0 Å². The molecule has 1 atom stereocenters. The number of benzene rings is 1. The summed E-state index contributed by atoms with van der Waals surface area (Å²) in [6.45, 7) is 2.46. The van der Waals surface area contributed by atoms with E-state index < -0.39 is 0 Å². The fourth-order valence-corrected chi connectivity index (χ4v) is 3.88. The highest BCUT2D eigenvalue weighted by atomic mass is 32.1. The Morgan fingerprint density at radius 2 is 2.14 bits per heavy atom. The molecule has 2 heterocycles. The second-order valence-corrected chi connectivity index (χ2v) is 7.17. The molecular formula is C17H19NO2S. The lowest BCUT2D eigenvalue weighted by Crippen LogP contribution is -2.29. The summed E-state index contributed by atoms with van der Waals surface area (Å²) in [6.07, 6.45) is 3.85. The quantitative estimate of drug-likeness (QED) is 0.864. The highest BCUT2D eigenvalue weighted by Gasteiger charge is 2.30. The van der Waals surface area contributed by atoms with Gasteiger partial charge in [-0.25, -0.2) is 0 Å². The summed E-state index contributed by atoms with van der Waals surface area (Å²) >= 11 is 1.59. The Balaban J connectivity index is 1.42. The van der Waals surface area contributed by atoms with E-state index in [1.54, 1.807) is 11.3 Å². The highest BCUT2D eigenvalue weighted by Crippen LogP contribution is 2.31. The first-order valence-corrected chi connectivity index (χ1v) is 8.51. The van der Waals surface area contributed by atoms with Gasteiger partial charge < -0.3 is 9.64 Å². The zero-order valence-corrected chi connectivity index (χ0v) is 12.8. The Bertz CT molecular complexity index is 629. The van der Waals surface area contributed by atoms with E-state index in [4.69, 9.17) is 4.74 Å². The van der Waals surface area contributed by atoms with Crippen LogP contribution in [0.5, 0.6) is 0 Å². The summed E-state index contributed by atoms with van der Waals surface area (Å²) in [5.74, 6) is 0.950. The Kier molecular flexibility index (Phi) is 3.43. The largest absolute Gasteiger partial charge is 0.376 e. The van der Waals surface area contributed by atoms with Crippen LogP contribution in [0.15, 0.2) is 30.3 Å². The van der Waals surface area contributed by atoms with Crippen molar-refractivity contribution in [2.75, 3.05) is 19.7 Å². The average molecular weight is 301 g/mol. The molecule has 1 aromatic carbocycles. The van der Waals surface area contributed by atoms with Crippen LogP contribution in [0.3, 0.4) is 0 Å². The second-order valence-electron chi connectivity index (χ2n) is 6.09. The molecule has 1 saturated heterocycles. The van der Waals surface area contributed by atoms with E-state index in [0.29, 0.717) is 0 Å². The second kappa shape index (κ2) is 5.43. The molecule has 2 aromatic rings. The van der Waals surface area contributed by atoms with Gasteiger partial charge in [0.2, 0.25) is 0 Å². The fraction of sp³-hybridized carbons (Fsp3) is 0.471. The molecule has 4 rings (SSSR count). The molecule has 1 aliphatic carbocycles. The zero-order chi connectivity index (χ0) is 14.2. The van der Waals surface area contributed by atoms with Gasteiger partial charge in [0.05, 0.1) is 11.0 Å². The van der Waals surface area contributed by atoms with Gasteiger partial charge in [-0.05, 0) is 42.7 Å². The SMILES string of the molecule is O=C(c1cc2ccccc2s1)N1CCC(OCC2CC2)C1. The molecule has 110 valence electrons. The third-order valence-corrected chi connectivity index (χ3v) is 5.44. The number of hydrogen-bond donors (Lipinski definition) is 0. The van der Waals surface area contributed by atoms with Gasteiger partial charge in [-0.15, -0.1) is 11.3 Å². The Hall–Kier alpha value is -1.39. The maximum atomic E-state index is 12.6. The van der Waals surface area contributed by atoms with Crippen molar-refractivity contribution in [1.82, 2.24) is 4.90 Å². The van der Waals surface area contributed by atoms with Crippen LogP contribution in [0.25, 0.3) is 10.1 Å². The van der Waals surface area contributed by atoms with Gasteiger partial charge in [0, 0.05) is 24.4 Å². The maximum absolute atomic E-state index is 12.6. The predicted molar refractivity (Wildman–Crippen MR) is 84.8 cm³/mol. The van der Waals surface area contributed by atoms with Gasteiger partial charge in [0.1, 0.15) is 0 Å². The third-order valence-electron chi connectivity index (χ3n) is 4.33. The molecule has 1 saturated carbocycles. The monoisotopic (exact) mass is 301 g/mol. The van der Waals surface area contributed by atoms with Crippen LogP contribution in [-0.2, 0) is 4.74 Å². The van der Waals surface area contributed by atoms with Gasteiger partial charge in [-0.3, -0.25) is 4.79 Å². The van der Waals surface area contributed by atoms with E-state index in [1.807, 2.05) is 23.1 Å². The lowest BCUT2D eigenvalue weighted by molar-refractivity contribution is 0.0482. The summed E-state index contributed by atoms with van der Waals surface area (Å²) in [7, 11) is 0. The van der Waals surface area contributed by atoms with E-state index >= 15 is 0 Å². The number of likely N-dealkylation sites (tertiary alicyclic amines) is 1. The molecule has 1 amide bonds. The van der Waals surface area contributed by atoms with E-state index in [2.05, 4.69) is 12.1 Å². The molecular weight excluding hydrogens is 282 g/mol. The molecule has 1 unspecified atom stereocenters. The molecule has 3 nitrogen and oxygen atoms in total. The molecule has 0 radical (unpaired) electrons. The zero-order valence-electron chi connectivity index (χ0n) is 12.0. The molecule has 21 heavy (non-hydrogen) atoms. The number of carbonyl (C=O) groups excluding carboxylic acids is 1. The van der Waals surface area contributed by atoms with Crippen LogP contribution in [0.1, 0.15) is 28.9 Å². The lowest BCUT2D eigenvalue weighted by atomic mass is 10.2. The molecule has 2 aliphatic rings. The molecule has 1 aromatic heterocycles. The minimum Gasteiger partial charge on any atom is -0.376 e. The first kappa shape index (κ1) is 13.3. The summed E-state index contributed by atoms with van der Waals surface area (Å²) in [5, 5.41) is 1.16. The van der Waals surface area contributed by atoms with Crippen molar-refractivity contribution in [2.24, 2.45) is 5.92 Å². The highest BCUT2D eigenvalue weighted by molar-refractivity contribution is 7.20. The van der Waals surface area contributed by atoms with Crippen molar-refractivity contribution < 1.29 is 9.53 Å². The van der Waals surface area contributed by atoms with Crippen LogP contribution < -0.4 is 0 Å². The minimum absolute atomic E-state index is 0.161. The number of thiophene rings is 1. The number of nitrogens with zero attached hydrogens (tertiary/aromatic N) is 1. The molecule has 4 heteroatoms. The number of ether oxygens (including phenoxy) is 1. The van der Waals surface area contributed by atoms with Crippen molar-refractivity contribution in [1.29, 1.82) is 0 Å². The van der Waals surface area contributed by atoms with Crippen molar-refractivity contribution >= 4 is 27.3 Å². The normalized spacial score (nSPS) is 22.1. The van der Waals surface area contributed by atoms with Crippen LogP contribution in [-0.4, -0.2) is 36.6 Å². The van der Waals surface area contributed by atoms with Crippen molar-refractivity contribution in [2.45, 2.75) is 25.4 Å². The lowest BCUT2D eigenvalue weighted by Gasteiger charge is -2.15. The van der Waals surface area contributed by atoms with E-state index in [0.717, 1.165) is 42.3 Å². The Labute approximate surface area is 128 Å². The summed E-state index contributed by atoms with van der Waals surface area (Å²) in [4.78, 5) is 15.4. The fourth-order valence-electron chi connectivity index (χ4n) is 2.85. The molecule has 0 N–H and O–H groups in total. The number of fused-ring (bicyclic) bond motifs is 1. The topological polar surface area (TPSA) is 29.5 Å². The first-order chi connectivity index (χ1) is 10.3. The van der Waals surface area contributed by atoms with Gasteiger partial charge in [0.15, 0.2) is 0 Å².